The van der Waals surface area contributed by atoms with Crippen LogP contribution in [0.15, 0.2) is 0 Å². The molecule has 1 saturated heterocycles. The van der Waals surface area contributed by atoms with Crippen molar-refractivity contribution in [3.63, 3.8) is 0 Å². The highest BCUT2D eigenvalue weighted by atomic mass is 16.4. The van der Waals surface area contributed by atoms with Gasteiger partial charge in [-0.1, -0.05) is 0 Å². The van der Waals surface area contributed by atoms with Crippen LogP contribution in [-0.2, 0) is 0 Å². The van der Waals surface area contributed by atoms with Crippen LogP contribution in [0.25, 0.3) is 0 Å². The molecule has 1 saturated carbocycles. The first kappa shape index (κ1) is 7.86. The lowest BCUT2D eigenvalue weighted by molar-refractivity contribution is 0.126. The lowest BCUT2D eigenvalue weighted by Crippen LogP contribution is -2.27. The molecule has 0 spiro atoms. The van der Waals surface area contributed by atoms with Crippen molar-refractivity contribution in [1.29, 1.82) is 0 Å². The zero-order chi connectivity index (χ0) is 8.72. The van der Waals surface area contributed by atoms with E-state index < -0.39 is 12.2 Å². The Morgan fingerprint density at radius 3 is 2.42 bits per heavy atom. The third kappa shape index (κ3) is 1.27. The van der Waals surface area contributed by atoms with Gasteiger partial charge in [0, 0.05) is 12.5 Å². The van der Waals surface area contributed by atoms with Crippen LogP contribution in [-0.4, -0.2) is 40.4 Å². The fraction of sp³-hybridized carbons (Fsp3) is 0.875. The van der Waals surface area contributed by atoms with E-state index >= 15 is 0 Å². The minimum atomic E-state index is -0.905. The SMILES string of the molecule is O=C(O)N1C[C@H](C2CC2)[C@@H](O)C1. The zero-order valence-corrected chi connectivity index (χ0v) is 6.81. The number of hydrogen-bond acceptors (Lipinski definition) is 2. The van der Waals surface area contributed by atoms with Gasteiger partial charge in [-0.05, 0) is 18.8 Å². The fourth-order valence-electron chi connectivity index (χ4n) is 1.96. The maximum atomic E-state index is 10.6. The molecule has 1 amide bonds. The zero-order valence-electron chi connectivity index (χ0n) is 6.81. The summed E-state index contributed by atoms with van der Waals surface area (Å²) in [6, 6.07) is 0. The summed E-state index contributed by atoms with van der Waals surface area (Å²) < 4.78 is 0. The number of likely N-dealkylation sites (tertiary alicyclic amines) is 1. The molecule has 68 valence electrons. The van der Waals surface area contributed by atoms with Gasteiger partial charge in [-0.3, -0.25) is 0 Å². The van der Waals surface area contributed by atoms with E-state index in [1.54, 1.807) is 0 Å². The maximum Gasteiger partial charge on any atom is 0.407 e. The summed E-state index contributed by atoms with van der Waals surface area (Å²) in [5.74, 6) is 0.797. The van der Waals surface area contributed by atoms with Gasteiger partial charge in [0.2, 0.25) is 0 Å². The molecule has 1 heterocycles. The smallest absolute Gasteiger partial charge is 0.407 e. The van der Waals surface area contributed by atoms with E-state index in [4.69, 9.17) is 5.11 Å². The number of nitrogens with zero attached hydrogens (tertiary/aromatic N) is 1. The second-order valence-corrected chi connectivity index (χ2v) is 3.76. The predicted molar refractivity (Wildman–Crippen MR) is 41.8 cm³/mol. The van der Waals surface area contributed by atoms with E-state index in [0.29, 0.717) is 19.0 Å². The van der Waals surface area contributed by atoms with Gasteiger partial charge in [0.1, 0.15) is 0 Å². The standard InChI is InChI=1S/C8H13NO3/c10-7-4-9(8(11)12)3-6(7)5-1-2-5/h5-7,10H,1-4H2,(H,11,12)/t6-,7+/m1/s1. The molecule has 2 N–H and O–H groups in total. The van der Waals surface area contributed by atoms with Crippen molar-refractivity contribution >= 4 is 6.09 Å². The Labute approximate surface area is 70.8 Å². The number of aliphatic hydroxyl groups excluding tert-OH is 1. The summed E-state index contributed by atoms with van der Waals surface area (Å²) in [4.78, 5) is 11.9. The van der Waals surface area contributed by atoms with Crippen LogP contribution in [0.2, 0.25) is 0 Å². The van der Waals surface area contributed by atoms with E-state index in [1.807, 2.05) is 0 Å². The van der Waals surface area contributed by atoms with Crippen molar-refractivity contribution in [1.82, 2.24) is 4.90 Å². The Hall–Kier alpha value is -0.770. The molecule has 4 nitrogen and oxygen atoms in total. The number of β-amino-alcohol motifs (C(OH)–C–C–N with tert-alkyl or cyclic N) is 1. The summed E-state index contributed by atoms with van der Waals surface area (Å²) in [6.45, 7) is 0.831. The number of rotatable bonds is 1. The maximum absolute atomic E-state index is 10.6. The Morgan fingerprint density at radius 2 is 2.00 bits per heavy atom. The lowest BCUT2D eigenvalue weighted by atomic mass is 10.0. The summed E-state index contributed by atoms with van der Waals surface area (Å²) in [6.07, 6.45) is 0.996. The molecule has 0 unspecified atom stereocenters. The molecule has 2 atom stereocenters. The second-order valence-electron chi connectivity index (χ2n) is 3.76. The molecule has 0 aromatic rings. The minimum absolute atomic E-state index is 0.209. The molecule has 0 bridgehead atoms. The quantitative estimate of drug-likeness (QED) is 0.599. The van der Waals surface area contributed by atoms with E-state index in [2.05, 4.69) is 0 Å². The highest BCUT2D eigenvalue weighted by Gasteiger charge is 2.42. The van der Waals surface area contributed by atoms with Crippen LogP contribution in [0.1, 0.15) is 12.8 Å². The molecule has 12 heavy (non-hydrogen) atoms. The third-order valence-corrected chi connectivity index (χ3v) is 2.83. The van der Waals surface area contributed by atoms with Gasteiger partial charge in [-0.15, -0.1) is 0 Å². The molecular formula is C8H13NO3. The van der Waals surface area contributed by atoms with Gasteiger partial charge in [-0.2, -0.15) is 0 Å². The summed E-state index contributed by atoms with van der Waals surface area (Å²) in [5.41, 5.74) is 0. The Kier molecular flexibility index (Phi) is 1.72. The van der Waals surface area contributed by atoms with Crippen molar-refractivity contribution in [2.75, 3.05) is 13.1 Å². The highest BCUT2D eigenvalue weighted by molar-refractivity contribution is 5.65. The minimum Gasteiger partial charge on any atom is -0.465 e. The van der Waals surface area contributed by atoms with Gasteiger partial charge < -0.3 is 15.1 Å². The Balaban J connectivity index is 1.96. The van der Waals surface area contributed by atoms with Gasteiger partial charge in [0.15, 0.2) is 0 Å². The van der Waals surface area contributed by atoms with Crippen molar-refractivity contribution in [2.45, 2.75) is 18.9 Å². The average Bonchev–Trinajstić information content (AvgIpc) is 2.75. The summed E-state index contributed by atoms with van der Waals surface area (Å²) in [5, 5.41) is 18.2. The van der Waals surface area contributed by atoms with Gasteiger partial charge in [0.25, 0.3) is 0 Å². The van der Waals surface area contributed by atoms with E-state index in [1.165, 1.54) is 4.90 Å². The normalized spacial score (nSPS) is 35.6. The molecule has 0 aromatic heterocycles. The first-order chi connectivity index (χ1) is 5.68. The first-order valence-electron chi connectivity index (χ1n) is 4.34. The van der Waals surface area contributed by atoms with Crippen LogP contribution in [0.3, 0.4) is 0 Å². The van der Waals surface area contributed by atoms with Gasteiger partial charge >= 0.3 is 6.09 Å². The van der Waals surface area contributed by atoms with Crippen LogP contribution in [0.5, 0.6) is 0 Å². The van der Waals surface area contributed by atoms with Crippen molar-refractivity contribution < 1.29 is 15.0 Å². The van der Waals surface area contributed by atoms with E-state index in [0.717, 1.165) is 12.8 Å². The van der Waals surface area contributed by atoms with E-state index in [9.17, 15) is 9.90 Å². The Bertz CT molecular complexity index is 202. The highest BCUT2D eigenvalue weighted by Crippen LogP contribution is 2.41. The van der Waals surface area contributed by atoms with Crippen molar-refractivity contribution in [3.8, 4) is 0 Å². The van der Waals surface area contributed by atoms with Gasteiger partial charge in [-0.25, -0.2) is 4.79 Å². The number of amides is 1. The molecule has 2 rings (SSSR count). The molecule has 0 radical (unpaired) electrons. The molecular weight excluding hydrogens is 158 g/mol. The largest absolute Gasteiger partial charge is 0.465 e. The fourth-order valence-corrected chi connectivity index (χ4v) is 1.96. The molecule has 4 heteroatoms. The molecule has 1 aliphatic carbocycles. The molecule has 1 aliphatic heterocycles. The number of hydrogen-bond donors (Lipinski definition) is 2. The van der Waals surface area contributed by atoms with Crippen LogP contribution in [0.4, 0.5) is 4.79 Å². The number of carbonyl (C=O) groups is 1. The molecule has 2 aliphatic rings. The number of carboxylic acid groups (broad SMARTS) is 1. The first-order valence-corrected chi connectivity index (χ1v) is 4.34. The van der Waals surface area contributed by atoms with Crippen molar-refractivity contribution in [2.24, 2.45) is 11.8 Å². The number of aliphatic hydroxyl groups is 1. The third-order valence-electron chi connectivity index (χ3n) is 2.83. The lowest BCUT2D eigenvalue weighted by Gasteiger charge is -2.10. The molecule has 2 fully saturated rings. The second kappa shape index (κ2) is 2.62. The molecule has 0 aromatic carbocycles. The summed E-state index contributed by atoms with van der Waals surface area (Å²) >= 11 is 0. The van der Waals surface area contributed by atoms with Crippen LogP contribution < -0.4 is 0 Å². The Morgan fingerprint density at radius 1 is 1.33 bits per heavy atom. The topological polar surface area (TPSA) is 60.8 Å². The van der Waals surface area contributed by atoms with Crippen molar-refractivity contribution in [3.05, 3.63) is 0 Å². The van der Waals surface area contributed by atoms with Gasteiger partial charge in [0.05, 0.1) is 12.6 Å². The monoisotopic (exact) mass is 171 g/mol. The van der Waals surface area contributed by atoms with Crippen LogP contribution >= 0.6 is 0 Å². The predicted octanol–water partition coefficient (Wildman–Crippen LogP) is 0.367. The van der Waals surface area contributed by atoms with E-state index in [-0.39, 0.29) is 5.92 Å². The summed E-state index contributed by atoms with van der Waals surface area (Å²) in [7, 11) is 0. The average molecular weight is 171 g/mol. The van der Waals surface area contributed by atoms with Crippen LogP contribution in [0, 0.1) is 11.8 Å².